The van der Waals surface area contributed by atoms with Crippen molar-refractivity contribution in [3.8, 4) is 0 Å². The van der Waals surface area contributed by atoms with Crippen LogP contribution in [0.5, 0.6) is 0 Å². The molecular weight excluding hydrogens is 312 g/mol. The summed E-state index contributed by atoms with van der Waals surface area (Å²) in [5.41, 5.74) is 1.83. The molecule has 2 unspecified atom stereocenters. The SMILES string of the molecule is COCCC(NC(=O)C1CC(=O)N(c2ccc(C)cc2)C1)C(=O)O. The molecular formula is C17H22N2O5. The van der Waals surface area contributed by atoms with Gasteiger partial charge in [-0.3, -0.25) is 9.59 Å². The molecule has 1 aromatic carbocycles. The molecule has 0 aliphatic carbocycles. The lowest BCUT2D eigenvalue weighted by Gasteiger charge is -2.18. The Balaban J connectivity index is 2.00. The highest BCUT2D eigenvalue weighted by Crippen LogP contribution is 2.25. The molecule has 2 rings (SSSR count). The third-order valence-electron chi connectivity index (χ3n) is 4.07. The van der Waals surface area contributed by atoms with E-state index in [-0.39, 0.29) is 31.9 Å². The van der Waals surface area contributed by atoms with Crippen molar-refractivity contribution in [3.63, 3.8) is 0 Å². The van der Waals surface area contributed by atoms with E-state index in [2.05, 4.69) is 5.32 Å². The number of aryl methyl sites for hydroxylation is 1. The molecule has 1 heterocycles. The minimum atomic E-state index is -1.11. The summed E-state index contributed by atoms with van der Waals surface area (Å²) in [7, 11) is 1.47. The summed E-state index contributed by atoms with van der Waals surface area (Å²) in [6, 6.07) is 6.47. The molecule has 24 heavy (non-hydrogen) atoms. The summed E-state index contributed by atoms with van der Waals surface area (Å²) >= 11 is 0. The van der Waals surface area contributed by atoms with Crippen LogP contribution in [-0.2, 0) is 19.1 Å². The van der Waals surface area contributed by atoms with Gasteiger partial charge in [0.05, 0.1) is 5.92 Å². The van der Waals surface area contributed by atoms with Gasteiger partial charge < -0.3 is 20.1 Å². The fourth-order valence-electron chi connectivity index (χ4n) is 2.64. The molecule has 1 aromatic rings. The molecule has 130 valence electrons. The number of carboxylic acid groups (broad SMARTS) is 1. The molecule has 2 atom stereocenters. The zero-order valence-electron chi connectivity index (χ0n) is 13.8. The molecule has 7 heteroatoms. The van der Waals surface area contributed by atoms with Crippen LogP contribution < -0.4 is 10.2 Å². The summed E-state index contributed by atoms with van der Waals surface area (Å²) in [6.45, 7) is 2.44. The maximum Gasteiger partial charge on any atom is 0.326 e. The summed E-state index contributed by atoms with van der Waals surface area (Å²) < 4.78 is 4.85. The third-order valence-corrected chi connectivity index (χ3v) is 4.07. The highest BCUT2D eigenvalue weighted by molar-refractivity contribution is 6.00. The largest absolute Gasteiger partial charge is 0.480 e. The van der Waals surface area contributed by atoms with Gasteiger partial charge in [0, 0.05) is 38.8 Å². The van der Waals surface area contributed by atoms with Crippen molar-refractivity contribution in [1.29, 1.82) is 0 Å². The molecule has 0 saturated carbocycles. The third kappa shape index (κ3) is 4.32. The summed E-state index contributed by atoms with van der Waals surface area (Å²) in [5, 5.41) is 11.6. The topological polar surface area (TPSA) is 95.9 Å². The first-order valence-electron chi connectivity index (χ1n) is 7.81. The van der Waals surface area contributed by atoms with E-state index in [0.717, 1.165) is 11.3 Å². The van der Waals surface area contributed by atoms with E-state index < -0.39 is 23.8 Å². The van der Waals surface area contributed by atoms with Gasteiger partial charge in [0.15, 0.2) is 0 Å². The van der Waals surface area contributed by atoms with E-state index in [1.54, 1.807) is 4.90 Å². The van der Waals surface area contributed by atoms with Crippen LogP contribution in [0.1, 0.15) is 18.4 Å². The normalized spacial score (nSPS) is 18.5. The van der Waals surface area contributed by atoms with Crippen LogP contribution in [0.15, 0.2) is 24.3 Å². The molecule has 0 bridgehead atoms. The second-order valence-electron chi connectivity index (χ2n) is 5.92. The van der Waals surface area contributed by atoms with Crippen LogP contribution in [0.3, 0.4) is 0 Å². The molecule has 1 fully saturated rings. The Morgan fingerprint density at radius 1 is 1.38 bits per heavy atom. The van der Waals surface area contributed by atoms with E-state index in [9.17, 15) is 14.4 Å². The van der Waals surface area contributed by atoms with Gasteiger partial charge in [-0.25, -0.2) is 4.79 Å². The summed E-state index contributed by atoms with van der Waals surface area (Å²) in [5.74, 6) is -2.22. The number of nitrogens with one attached hydrogen (secondary N) is 1. The van der Waals surface area contributed by atoms with Gasteiger partial charge in [-0.1, -0.05) is 17.7 Å². The van der Waals surface area contributed by atoms with Gasteiger partial charge >= 0.3 is 5.97 Å². The number of nitrogens with zero attached hydrogens (tertiary/aromatic N) is 1. The Morgan fingerprint density at radius 2 is 2.04 bits per heavy atom. The highest BCUT2D eigenvalue weighted by Gasteiger charge is 2.36. The molecule has 2 N–H and O–H groups in total. The van der Waals surface area contributed by atoms with Crippen molar-refractivity contribution >= 4 is 23.5 Å². The smallest absolute Gasteiger partial charge is 0.326 e. The number of aliphatic carboxylic acids is 1. The Labute approximate surface area is 140 Å². The molecule has 0 radical (unpaired) electrons. The van der Waals surface area contributed by atoms with Gasteiger partial charge in [-0.05, 0) is 19.1 Å². The van der Waals surface area contributed by atoms with E-state index in [0.29, 0.717) is 0 Å². The number of anilines is 1. The monoisotopic (exact) mass is 334 g/mol. The van der Waals surface area contributed by atoms with Crippen LogP contribution >= 0.6 is 0 Å². The zero-order chi connectivity index (χ0) is 17.7. The highest BCUT2D eigenvalue weighted by atomic mass is 16.5. The van der Waals surface area contributed by atoms with Crippen molar-refractivity contribution < 1.29 is 24.2 Å². The van der Waals surface area contributed by atoms with Gasteiger partial charge in [-0.2, -0.15) is 0 Å². The number of amides is 2. The lowest BCUT2D eigenvalue weighted by atomic mass is 10.1. The lowest BCUT2D eigenvalue weighted by Crippen LogP contribution is -2.44. The Hall–Kier alpha value is -2.41. The second-order valence-corrected chi connectivity index (χ2v) is 5.92. The van der Waals surface area contributed by atoms with Gasteiger partial charge in [0.2, 0.25) is 11.8 Å². The maximum atomic E-state index is 12.3. The second kappa shape index (κ2) is 7.92. The van der Waals surface area contributed by atoms with Crippen molar-refractivity contribution in [2.24, 2.45) is 5.92 Å². The van der Waals surface area contributed by atoms with E-state index in [1.807, 2.05) is 31.2 Å². The quantitative estimate of drug-likeness (QED) is 0.774. The molecule has 7 nitrogen and oxygen atoms in total. The summed E-state index contributed by atoms with van der Waals surface area (Å²) in [4.78, 5) is 37.2. The number of carboxylic acids is 1. The number of hydrogen-bond acceptors (Lipinski definition) is 4. The Kier molecular flexibility index (Phi) is 5.92. The van der Waals surface area contributed by atoms with Crippen LogP contribution in [-0.4, -0.2) is 49.2 Å². The molecule has 0 spiro atoms. The minimum Gasteiger partial charge on any atom is -0.480 e. The number of hydrogen-bond donors (Lipinski definition) is 2. The first-order valence-corrected chi connectivity index (χ1v) is 7.81. The molecule has 1 saturated heterocycles. The van der Waals surface area contributed by atoms with Gasteiger partial charge in [-0.15, -0.1) is 0 Å². The first-order chi connectivity index (χ1) is 11.4. The molecule has 2 amide bonds. The average molecular weight is 334 g/mol. The Bertz CT molecular complexity index is 614. The standard InChI is InChI=1S/C17H22N2O5/c1-11-3-5-13(6-4-11)19-10-12(9-15(19)20)16(21)18-14(17(22)23)7-8-24-2/h3-6,12,14H,7-10H2,1-2H3,(H,18,21)(H,22,23). The van der Waals surface area contributed by atoms with Crippen molar-refractivity contribution in [3.05, 3.63) is 29.8 Å². The number of rotatable bonds is 7. The van der Waals surface area contributed by atoms with Crippen LogP contribution in [0.25, 0.3) is 0 Å². The predicted molar refractivity (Wildman–Crippen MR) is 87.7 cm³/mol. The fraction of sp³-hybridized carbons (Fsp3) is 0.471. The van der Waals surface area contributed by atoms with Crippen molar-refractivity contribution in [1.82, 2.24) is 5.32 Å². The predicted octanol–water partition coefficient (Wildman–Crippen LogP) is 0.954. The fourth-order valence-corrected chi connectivity index (χ4v) is 2.64. The van der Waals surface area contributed by atoms with Crippen molar-refractivity contribution in [2.75, 3.05) is 25.2 Å². The first kappa shape index (κ1) is 17.9. The number of carbonyl (C=O) groups is 3. The van der Waals surface area contributed by atoms with Gasteiger partial charge in [0.1, 0.15) is 6.04 Å². The van der Waals surface area contributed by atoms with Crippen molar-refractivity contribution in [2.45, 2.75) is 25.8 Å². The number of methoxy groups -OCH3 is 1. The number of benzene rings is 1. The molecule has 0 aromatic heterocycles. The van der Waals surface area contributed by atoms with Crippen LogP contribution in [0, 0.1) is 12.8 Å². The number of ether oxygens (including phenoxy) is 1. The lowest BCUT2D eigenvalue weighted by molar-refractivity contribution is -0.142. The Morgan fingerprint density at radius 3 is 2.62 bits per heavy atom. The van der Waals surface area contributed by atoms with Crippen LogP contribution in [0.2, 0.25) is 0 Å². The molecule has 1 aliphatic heterocycles. The minimum absolute atomic E-state index is 0.0797. The summed E-state index contributed by atoms with van der Waals surface area (Å²) in [6.07, 6.45) is 0.260. The van der Waals surface area contributed by atoms with E-state index in [4.69, 9.17) is 9.84 Å². The van der Waals surface area contributed by atoms with Crippen LogP contribution in [0.4, 0.5) is 5.69 Å². The molecule has 1 aliphatic rings. The average Bonchev–Trinajstić information content (AvgIpc) is 2.93. The maximum absolute atomic E-state index is 12.3. The zero-order valence-corrected chi connectivity index (χ0v) is 13.8. The number of carbonyl (C=O) groups excluding carboxylic acids is 2. The van der Waals surface area contributed by atoms with E-state index in [1.165, 1.54) is 7.11 Å². The van der Waals surface area contributed by atoms with E-state index >= 15 is 0 Å². The van der Waals surface area contributed by atoms with Gasteiger partial charge in [0.25, 0.3) is 0 Å².